The predicted octanol–water partition coefficient (Wildman–Crippen LogP) is 1.63. The molecule has 1 atom stereocenters. The highest BCUT2D eigenvalue weighted by Gasteiger charge is 2.14. The number of fused-ring (bicyclic) bond motifs is 1. The number of aromatic nitrogens is 1. The van der Waals surface area contributed by atoms with Gasteiger partial charge in [0, 0.05) is 10.9 Å². The molecular formula is C13H16N2O2. The number of hydrogen-bond donors (Lipinski definition) is 2. The fourth-order valence-corrected chi connectivity index (χ4v) is 1.83. The van der Waals surface area contributed by atoms with E-state index < -0.39 is 6.10 Å². The van der Waals surface area contributed by atoms with Crippen molar-refractivity contribution in [2.24, 2.45) is 5.73 Å². The van der Waals surface area contributed by atoms with Crippen LogP contribution in [0.5, 0.6) is 5.88 Å². The Kier molecular flexibility index (Phi) is 3.56. The molecule has 0 aliphatic heterocycles. The maximum absolute atomic E-state index is 9.99. The molecule has 0 bridgehead atoms. The normalized spacial score (nSPS) is 12.6. The number of nitrogens with two attached hydrogens (primary N) is 1. The van der Waals surface area contributed by atoms with Crippen molar-refractivity contribution < 1.29 is 9.84 Å². The minimum Gasteiger partial charge on any atom is -0.481 e. The van der Waals surface area contributed by atoms with Crippen LogP contribution in [0, 0.1) is 0 Å². The Morgan fingerprint density at radius 2 is 2.18 bits per heavy atom. The van der Waals surface area contributed by atoms with E-state index in [1.54, 1.807) is 7.11 Å². The summed E-state index contributed by atoms with van der Waals surface area (Å²) in [4.78, 5) is 4.37. The van der Waals surface area contributed by atoms with Crippen molar-refractivity contribution in [3.8, 4) is 5.88 Å². The summed E-state index contributed by atoms with van der Waals surface area (Å²) in [6.07, 6.45) is -0.136. The van der Waals surface area contributed by atoms with Crippen molar-refractivity contribution in [3.63, 3.8) is 0 Å². The molecule has 4 heteroatoms. The molecule has 0 saturated heterocycles. The first-order valence-electron chi connectivity index (χ1n) is 5.58. The summed E-state index contributed by atoms with van der Waals surface area (Å²) in [6, 6.07) is 9.64. The van der Waals surface area contributed by atoms with Crippen LogP contribution in [-0.2, 0) is 0 Å². The van der Waals surface area contributed by atoms with Crippen LogP contribution in [0.2, 0.25) is 0 Å². The predicted molar refractivity (Wildman–Crippen MR) is 66.9 cm³/mol. The molecule has 2 aromatic rings. The van der Waals surface area contributed by atoms with E-state index in [1.807, 2.05) is 30.3 Å². The average Bonchev–Trinajstić information content (AvgIpc) is 2.37. The molecule has 4 nitrogen and oxygen atoms in total. The molecule has 90 valence electrons. The van der Waals surface area contributed by atoms with Crippen LogP contribution >= 0.6 is 0 Å². The fraction of sp³-hybridized carbons (Fsp3) is 0.308. The number of rotatable bonds is 4. The van der Waals surface area contributed by atoms with E-state index in [2.05, 4.69) is 4.98 Å². The van der Waals surface area contributed by atoms with Gasteiger partial charge in [-0.2, -0.15) is 0 Å². The maximum atomic E-state index is 9.99. The van der Waals surface area contributed by atoms with Crippen LogP contribution < -0.4 is 10.5 Å². The second-order valence-corrected chi connectivity index (χ2v) is 3.87. The van der Waals surface area contributed by atoms with Gasteiger partial charge in [0.15, 0.2) is 0 Å². The second kappa shape index (κ2) is 5.12. The van der Waals surface area contributed by atoms with E-state index in [9.17, 15) is 5.11 Å². The van der Waals surface area contributed by atoms with E-state index in [-0.39, 0.29) is 0 Å². The molecule has 0 spiro atoms. The first kappa shape index (κ1) is 11.8. The minimum absolute atomic E-state index is 0.428. The Morgan fingerprint density at radius 1 is 1.41 bits per heavy atom. The highest BCUT2D eigenvalue weighted by molar-refractivity contribution is 5.80. The summed E-state index contributed by atoms with van der Waals surface area (Å²) in [7, 11) is 1.55. The number of pyridine rings is 1. The zero-order valence-corrected chi connectivity index (χ0v) is 9.76. The molecule has 0 aliphatic carbocycles. The smallest absolute Gasteiger partial charge is 0.219 e. The summed E-state index contributed by atoms with van der Waals surface area (Å²) in [5, 5.41) is 11.0. The van der Waals surface area contributed by atoms with Crippen molar-refractivity contribution in [2.45, 2.75) is 12.5 Å². The Hall–Kier alpha value is -1.65. The molecule has 17 heavy (non-hydrogen) atoms. The number of aliphatic hydroxyl groups excluding tert-OH is 1. The van der Waals surface area contributed by atoms with Crippen molar-refractivity contribution in [3.05, 3.63) is 35.9 Å². The number of benzene rings is 1. The molecule has 1 aromatic heterocycles. The zero-order valence-electron chi connectivity index (χ0n) is 9.76. The molecule has 3 N–H and O–H groups in total. The van der Waals surface area contributed by atoms with Crippen molar-refractivity contribution >= 4 is 10.9 Å². The van der Waals surface area contributed by atoms with Gasteiger partial charge in [-0.3, -0.25) is 0 Å². The Bertz CT molecular complexity index is 514. The summed E-state index contributed by atoms with van der Waals surface area (Å²) in [5.41, 5.74) is 7.00. The average molecular weight is 232 g/mol. The highest BCUT2D eigenvalue weighted by atomic mass is 16.5. The number of nitrogens with zero attached hydrogens (tertiary/aromatic N) is 1. The van der Waals surface area contributed by atoms with Crippen LogP contribution in [0.25, 0.3) is 10.9 Å². The molecular weight excluding hydrogens is 216 g/mol. The molecule has 0 amide bonds. The van der Waals surface area contributed by atoms with Gasteiger partial charge in [-0.25, -0.2) is 4.98 Å². The quantitative estimate of drug-likeness (QED) is 0.840. The van der Waals surface area contributed by atoms with Gasteiger partial charge >= 0.3 is 0 Å². The number of para-hydroxylation sites is 1. The summed E-state index contributed by atoms with van der Waals surface area (Å²) < 4.78 is 5.21. The summed E-state index contributed by atoms with van der Waals surface area (Å²) in [5.74, 6) is 0.463. The third-order valence-electron chi connectivity index (χ3n) is 2.71. The largest absolute Gasteiger partial charge is 0.481 e. The standard InChI is InChI=1S/C13H16N2O2/c1-17-13-10(12(16)6-7-14)8-9-4-2-3-5-11(9)15-13/h2-5,8,12,16H,6-7,14H2,1H3/t12-/m0/s1. The van der Waals surface area contributed by atoms with Crippen LogP contribution in [0.1, 0.15) is 18.1 Å². The topological polar surface area (TPSA) is 68.4 Å². The number of aliphatic hydroxyl groups is 1. The van der Waals surface area contributed by atoms with Gasteiger partial charge in [0.1, 0.15) is 0 Å². The Labute approximate surface area is 100 Å². The molecule has 0 fully saturated rings. The lowest BCUT2D eigenvalue weighted by atomic mass is 10.1. The molecule has 1 aromatic carbocycles. The lowest BCUT2D eigenvalue weighted by Gasteiger charge is -2.14. The molecule has 0 unspecified atom stereocenters. The van der Waals surface area contributed by atoms with Crippen LogP contribution in [0.3, 0.4) is 0 Å². The zero-order chi connectivity index (χ0) is 12.3. The third kappa shape index (κ3) is 2.38. The molecule has 0 aliphatic rings. The lowest BCUT2D eigenvalue weighted by molar-refractivity contribution is 0.165. The van der Waals surface area contributed by atoms with Gasteiger partial charge in [0.05, 0.1) is 18.7 Å². The van der Waals surface area contributed by atoms with Gasteiger partial charge < -0.3 is 15.6 Å². The summed E-state index contributed by atoms with van der Waals surface area (Å²) in [6.45, 7) is 0.428. The number of hydrogen-bond acceptors (Lipinski definition) is 4. The van der Waals surface area contributed by atoms with Crippen LogP contribution in [0.4, 0.5) is 0 Å². The molecule has 2 rings (SSSR count). The fourth-order valence-electron chi connectivity index (χ4n) is 1.83. The van der Waals surface area contributed by atoms with E-state index in [4.69, 9.17) is 10.5 Å². The number of methoxy groups -OCH3 is 1. The third-order valence-corrected chi connectivity index (χ3v) is 2.71. The van der Waals surface area contributed by atoms with E-state index in [0.717, 1.165) is 10.9 Å². The first-order valence-corrected chi connectivity index (χ1v) is 5.58. The first-order chi connectivity index (χ1) is 8.26. The van der Waals surface area contributed by atoms with Gasteiger partial charge in [0.25, 0.3) is 0 Å². The molecule has 1 heterocycles. The maximum Gasteiger partial charge on any atom is 0.219 e. The monoisotopic (exact) mass is 232 g/mol. The molecule has 0 radical (unpaired) electrons. The second-order valence-electron chi connectivity index (χ2n) is 3.87. The Morgan fingerprint density at radius 3 is 2.88 bits per heavy atom. The van der Waals surface area contributed by atoms with Crippen LogP contribution in [0.15, 0.2) is 30.3 Å². The molecule has 0 saturated carbocycles. The minimum atomic E-state index is -0.632. The summed E-state index contributed by atoms with van der Waals surface area (Å²) >= 11 is 0. The SMILES string of the molecule is COc1nc2ccccc2cc1[C@@H](O)CCN. The van der Waals surface area contributed by atoms with E-state index in [0.29, 0.717) is 24.4 Å². The lowest BCUT2D eigenvalue weighted by Crippen LogP contribution is -2.08. The van der Waals surface area contributed by atoms with Crippen molar-refractivity contribution in [1.29, 1.82) is 0 Å². The van der Waals surface area contributed by atoms with Gasteiger partial charge in [0.2, 0.25) is 5.88 Å². The van der Waals surface area contributed by atoms with Gasteiger partial charge in [-0.1, -0.05) is 18.2 Å². The van der Waals surface area contributed by atoms with Crippen molar-refractivity contribution in [2.75, 3.05) is 13.7 Å². The van der Waals surface area contributed by atoms with E-state index in [1.165, 1.54) is 0 Å². The van der Waals surface area contributed by atoms with Crippen LogP contribution in [-0.4, -0.2) is 23.7 Å². The highest BCUT2D eigenvalue weighted by Crippen LogP contribution is 2.28. The van der Waals surface area contributed by atoms with Gasteiger partial charge in [-0.15, -0.1) is 0 Å². The van der Waals surface area contributed by atoms with Gasteiger partial charge in [-0.05, 0) is 25.1 Å². The van der Waals surface area contributed by atoms with Crippen molar-refractivity contribution in [1.82, 2.24) is 4.98 Å². The Balaban J connectivity index is 2.52. The number of ether oxygens (including phenoxy) is 1. The van der Waals surface area contributed by atoms with E-state index >= 15 is 0 Å².